The highest BCUT2D eigenvalue weighted by molar-refractivity contribution is 14.1. The number of likely N-dealkylation sites (N-methyl/N-ethyl adjacent to an activating group) is 1. The van der Waals surface area contributed by atoms with Crippen LogP contribution in [0.5, 0.6) is 5.75 Å². The summed E-state index contributed by atoms with van der Waals surface area (Å²) in [6.07, 6.45) is 1.76. The van der Waals surface area contributed by atoms with Gasteiger partial charge in [-0.05, 0) is 77.5 Å². The number of carbonyl (C=O) groups is 2. The second-order valence-corrected chi connectivity index (χ2v) is 8.05. The maximum atomic E-state index is 12.2. The van der Waals surface area contributed by atoms with Crippen molar-refractivity contribution in [3.8, 4) is 5.75 Å². The van der Waals surface area contributed by atoms with Gasteiger partial charge in [-0.3, -0.25) is 14.5 Å². The zero-order valence-corrected chi connectivity index (χ0v) is 17.5. The molecule has 0 spiro atoms. The first-order chi connectivity index (χ1) is 12.5. The third-order valence-electron chi connectivity index (χ3n) is 3.92. The number of thioether (sulfide) groups is 1. The summed E-state index contributed by atoms with van der Waals surface area (Å²) >= 11 is 3.20. The van der Waals surface area contributed by atoms with Crippen LogP contribution in [0, 0.1) is 10.5 Å². The van der Waals surface area contributed by atoms with Crippen LogP contribution in [0.3, 0.4) is 0 Å². The van der Waals surface area contributed by atoms with E-state index >= 15 is 0 Å². The van der Waals surface area contributed by atoms with Crippen molar-refractivity contribution in [2.24, 2.45) is 0 Å². The highest BCUT2D eigenvalue weighted by atomic mass is 127. The Hall–Kier alpha value is -1.80. The molecule has 2 aromatic rings. The minimum Gasteiger partial charge on any atom is -0.488 e. The molecule has 134 valence electrons. The molecule has 2 amide bonds. The third-order valence-corrected chi connectivity index (χ3v) is 5.67. The average molecular weight is 479 g/mol. The normalized spacial score (nSPS) is 15.8. The standard InChI is InChI=1S/C20H18INO3S/c1-3-22-19(23)18(26-20(22)24)11-14-7-8-17(16(21)10-14)25-12-15-6-4-5-13(2)9-15/h4-11H,3,12H2,1-2H3/b18-11+. The molecule has 1 heterocycles. The molecule has 0 saturated carbocycles. The Labute approximate surface area is 170 Å². The molecule has 0 bridgehead atoms. The number of hydrogen-bond acceptors (Lipinski definition) is 4. The number of hydrogen-bond donors (Lipinski definition) is 0. The molecule has 0 aromatic heterocycles. The Morgan fingerprint density at radius 1 is 1.19 bits per heavy atom. The quantitative estimate of drug-likeness (QED) is 0.435. The van der Waals surface area contributed by atoms with Gasteiger partial charge in [0.15, 0.2) is 0 Å². The van der Waals surface area contributed by atoms with Gasteiger partial charge in [-0.2, -0.15) is 0 Å². The summed E-state index contributed by atoms with van der Waals surface area (Å²) < 4.78 is 6.87. The van der Waals surface area contributed by atoms with Crippen molar-refractivity contribution in [2.75, 3.05) is 6.54 Å². The molecular weight excluding hydrogens is 461 g/mol. The third kappa shape index (κ3) is 4.29. The van der Waals surface area contributed by atoms with Crippen LogP contribution in [-0.2, 0) is 11.4 Å². The summed E-state index contributed by atoms with van der Waals surface area (Å²) in [7, 11) is 0. The maximum Gasteiger partial charge on any atom is 0.293 e. The smallest absolute Gasteiger partial charge is 0.293 e. The van der Waals surface area contributed by atoms with Gasteiger partial charge in [-0.25, -0.2) is 0 Å². The van der Waals surface area contributed by atoms with E-state index in [4.69, 9.17) is 4.74 Å². The Kier molecular flexibility index (Phi) is 6.03. The number of ether oxygens (including phenoxy) is 1. The van der Waals surface area contributed by atoms with Crippen LogP contribution < -0.4 is 4.74 Å². The fraction of sp³-hybridized carbons (Fsp3) is 0.200. The fourth-order valence-corrected chi connectivity index (χ4v) is 4.21. The molecule has 6 heteroatoms. The average Bonchev–Trinajstić information content (AvgIpc) is 2.87. The summed E-state index contributed by atoms with van der Waals surface area (Å²) in [5.41, 5.74) is 3.20. The molecule has 1 fully saturated rings. The summed E-state index contributed by atoms with van der Waals surface area (Å²) in [6, 6.07) is 14.0. The van der Waals surface area contributed by atoms with Crippen LogP contribution in [0.15, 0.2) is 47.4 Å². The molecule has 2 aromatic carbocycles. The van der Waals surface area contributed by atoms with E-state index in [0.29, 0.717) is 18.1 Å². The van der Waals surface area contributed by atoms with Gasteiger partial charge < -0.3 is 4.74 Å². The largest absolute Gasteiger partial charge is 0.488 e. The molecule has 3 rings (SSSR count). The summed E-state index contributed by atoms with van der Waals surface area (Å²) in [5, 5.41) is -0.212. The lowest BCUT2D eigenvalue weighted by Gasteiger charge is -2.10. The van der Waals surface area contributed by atoms with Crippen molar-refractivity contribution < 1.29 is 14.3 Å². The molecule has 0 unspecified atom stereocenters. The van der Waals surface area contributed by atoms with E-state index in [0.717, 1.165) is 32.2 Å². The first kappa shape index (κ1) is 19.0. The van der Waals surface area contributed by atoms with Crippen molar-refractivity contribution in [2.45, 2.75) is 20.5 Å². The van der Waals surface area contributed by atoms with E-state index in [-0.39, 0.29) is 11.1 Å². The topological polar surface area (TPSA) is 46.6 Å². The Bertz CT molecular complexity index is 894. The van der Waals surface area contributed by atoms with Crippen molar-refractivity contribution in [1.82, 2.24) is 4.90 Å². The van der Waals surface area contributed by atoms with Crippen LogP contribution in [-0.4, -0.2) is 22.6 Å². The van der Waals surface area contributed by atoms with E-state index in [9.17, 15) is 9.59 Å². The van der Waals surface area contributed by atoms with E-state index in [1.807, 2.05) is 30.3 Å². The van der Waals surface area contributed by atoms with Gasteiger partial charge in [0.25, 0.3) is 11.1 Å². The molecular formula is C20H18INO3S. The van der Waals surface area contributed by atoms with Gasteiger partial charge in [-0.1, -0.05) is 35.9 Å². The zero-order chi connectivity index (χ0) is 18.7. The van der Waals surface area contributed by atoms with Crippen molar-refractivity contribution in [3.05, 3.63) is 67.6 Å². The van der Waals surface area contributed by atoms with Crippen molar-refractivity contribution in [3.63, 3.8) is 0 Å². The van der Waals surface area contributed by atoms with Crippen LogP contribution in [0.25, 0.3) is 6.08 Å². The molecule has 0 aliphatic carbocycles. The number of rotatable bonds is 5. The summed E-state index contributed by atoms with van der Waals surface area (Å²) in [4.78, 5) is 25.7. The molecule has 1 aliphatic heterocycles. The zero-order valence-electron chi connectivity index (χ0n) is 14.5. The van der Waals surface area contributed by atoms with Crippen LogP contribution in [0.1, 0.15) is 23.6 Å². The number of benzene rings is 2. The number of aryl methyl sites for hydroxylation is 1. The minimum absolute atomic E-state index is 0.212. The van der Waals surface area contributed by atoms with Gasteiger partial charge in [0.05, 0.1) is 8.48 Å². The van der Waals surface area contributed by atoms with Gasteiger partial charge >= 0.3 is 0 Å². The lowest BCUT2D eigenvalue weighted by molar-refractivity contribution is -0.122. The van der Waals surface area contributed by atoms with E-state index in [2.05, 4.69) is 41.6 Å². The molecule has 1 saturated heterocycles. The van der Waals surface area contributed by atoms with Crippen molar-refractivity contribution in [1.29, 1.82) is 0 Å². The van der Waals surface area contributed by atoms with E-state index in [1.54, 1.807) is 13.0 Å². The first-order valence-electron chi connectivity index (χ1n) is 8.21. The number of amides is 2. The number of nitrogens with zero attached hydrogens (tertiary/aromatic N) is 1. The predicted molar refractivity (Wildman–Crippen MR) is 113 cm³/mol. The Morgan fingerprint density at radius 2 is 2.00 bits per heavy atom. The second-order valence-electron chi connectivity index (χ2n) is 5.89. The highest BCUT2D eigenvalue weighted by Crippen LogP contribution is 2.33. The van der Waals surface area contributed by atoms with Crippen LogP contribution in [0.4, 0.5) is 4.79 Å². The SMILES string of the molecule is CCN1C(=O)S/C(=C/c2ccc(OCc3cccc(C)c3)c(I)c2)C1=O. The van der Waals surface area contributed by atoms with E-state index < -0.39 is 0 Å². The maximum absolute atomic E-state index is 12.2. The summed E-state index contributed by atoms with van der Waals surface area (Å²) in [6.45, 7) is 4.75. The van der Waals surface area contributed by atoms with Gasteiger partial charge in [0.1, 0.15) is 12.4 Å². The summed E-state index contributed by atoms with van der Waals surface area (Å²) in [5.74, 6) is 0.572. The first-order valence-corrected chi connectivity index (χ1v) is 10.1. The molecule has 1 aliphatic rings. The Balaban J connectivity index is 1.73. The van der Waals surface area contributed by atoms with Gasteiger partial charge in [-0.15, -0.1) is 0 Å². The van der Waals surface area contributed by atoms with Crippen LogP contribution in [0.2, 0.25) is 0 Å². The molecule has 26 heavy (non-hydrogen) atoms. The lowest BCUT2D eigenvalue weighted by atomic mass is 10.1. The number of halogens is 1. The van der Waals surface area contributed by atoms with E-state index in [1.165, 1.54) is 10.5 Å². The predicted octanol–water partition coefficient (Wildman–Crippen LogP) is 5.23. The lowest BCUT2D eigenvalue weighted by Crippen LogP contribution is -2.27. The van der Waals surface area contributed by atoms with Crippen LogP contribution >= 0.6 is 34.4 Å². The Morgan fingerprint density at radius 3 is 2.65 bits per heavy atom. The molecule has 0 radical (unpaired) electrons. The monoisotopic (exact) mass is 479 g/mol. The highest BCUT2D eigenvalue weighted by Gasteiger charge is 2.33. The van der Waals surface area contributed by atoms with Gasteiger partial charge in [0.2, 0.25) is 0 Å². The van der Waals surface area contributed by atoms with Crippen molar-refractivity contribution >= 4 is 51.6 Å². The molecule has 4 nitrogen and oxygen atoms in total. The van der Waals surface area contributed by atoms with Gasteiger partial charge in [0, 0.05) is 6.54 Å². The number of carbonyl (C=O) groups excluding carboxylic acids is 2. The molecule has 0 N–H and O–H groups in total. The fourth-order valence-electron chi connectivity index (χ4n) is 2.61. The minimum atomic E-state index is -0.225. The number of imide groups is 1. The second kappa shape index (κ2) is 8.26. The molecule has 0 atom stereocenters.